The molecule has 4 nitrogen and oxygen atoms in total. The predicted octanol–water partition coefficient (Wildman–Crippen LogP) is 0.882. The lowest BCUT2D eigenvalue weighted by molar-refractivity contribution is -0.150. The predicted molar refractivity (Wildman–Crippen MR) is 40.7 cm³/mol. The number of hydrogen-bond acceptors (Lipinski definition) is 3. The van der Waals surface area contributed by atoms with E-state index in [1.54, 1.807) is 0 Å². The van der Waals surface area contributed by atoms with Crippen LogP contribution in [0.15, 0.2) is 11.8 Å². The minimum Gasteiger partial charge on any atom is -0.512 e. The topological polar surface area (TPSA) is 74.6 Å². The minimum absolute atomic E-state index is 0.0353. The summed E-state index contributed by atoms with van der Waals surface area (Å²) in [5, 5.41) is 17.8. The molecule has 4 heteroatoms. The molecule has 1 aliphatic rings. The van der Waals surface area contributed by atoms with Crippen molar-refractivity contribution in [1.82, 2.24) is 0 Å². The molecule has 0 fully saturated rings. The molecule has 0 aromatic heterocycles. The summed E-state index contributed by atoms with van der Waals surface area (Å²) in [5.74, 6) is -1.52. The van der Waals surface area contributed by atoms with Gasteiger partial charge in [0.15, 0.2) is 5.78 Å². The van der Waals surface area contributed by atoms with Gasteiger partial charge in [-0.2, -0.15) is 0 Å². The minimum atomic E-state index is -1.13. The molecule has 0 aromatic rings. The lowest BCUT2D eigenvalue weighted by Gasteiger charge is -2.25. The zero-order chi connectivity index (χ0) is 9.35. The van der Waals surface area contributed by atoms with Gasteiger partial charge in [0.05, 0.1) is 11.2 Å². The summed E-state index contributed by atoms with van der Waals surface area (Å²) in [7, 11) is 0. The van der Waals surface area contributed by atoms with Crippen LogP contribution >= 0.6 is 0 Å². The molecule has 0 bridgehead atoms. The average Bonchev–Trinajstić information content (AvgIpc) is 1.82. The van der Waals surface area contributed by atoms with Gasteiger partial charge >= 0.3 is 5.97 Å². The van der Waals surface area contributed by atoms with E-state index < -0.39 is 11.4 Å². The highest BCUT2D eigenvalue weighted by Crippen LogP contribution is 2.33. The van der Waals surface area contributed by atoms with Crippen molar-refractivity contribution < 1.29 is 19.8 Å². The summed E-state index contributed by atoms with van der Waals surface area (Å²) < 4.78 is 0. The first-order valence-electron chi connectivity index (χ1n) is 3.60. The third kappa shape index (κ3) is 1.47. The Bertz CT molecular complexity index is 266. The molecule has 0 amide bonds. The number of carboxylic acids is 1. The standard InChI is InChI=1S/C8H10O4/c1-8(7(11)12)3-5(9)2-6(10)4-8/h2,9H,3-4H2,1H3,(H,11,12). The number of carbonyl (C=O) groups excluding carboxylic acids is 1. The van der Waals surface area contributed by atoms with Crippen molar-refractivity contribution >= 4 is 11.8 Å². The highest BCUT2D eigenvalue weighted by Gasteiger charge is 2.38. The highest BCUT2D eigenvalue weighted by atomic mass is 16.4. The van der Waals surface area contributed by atoms with Crippen LogP contribution in [0.4, 0.5) is 0 Å². The zero-order valence-corrected chi connectivity index (χ0v) is 6.70. The lowest BCUT2D eigenvalue weighted by atomic mass is 9.78. The molecule has 1 unspecified atom stereocenters. The van der Waals surface area contributed by atoms with Crippen LogP contribution in [0.2, 0.25) is 0 Å². The Morgan fingerprint density at radius 2 is 2.17 bits per heavy atom. The summed E-state index contributed by atoms with van der Waals surface area (Å²) in [6, 6.07) is 0. The monoisotopic (exact) mass is 170 g/mol. The Morgan fingerprint density at radius 1 is 1.58 bits per heavy atom. The molecule has 1 atom stereocenters. The number of carboxylic acid groups (broad SMARTS) is 1. The van der Waals surface area contributed by atoms with Gasteiger partial charge in [0.1, 0.15) is 0 Å². The number of hydrogen-bond donors (Lipinski definition) is 2. The van der Waals surface area contributed by atoms with Crippen molar-refractivity contribution in [3.05, 3.63) is 11.8 Å². The van der Waals surface area contributed by atoms with Crippen molar-refractivity contribution in [2.45, 2.75) is 19.8 Å². The van der Waals surface area contributed by atoms with Crippen LogP contribution in [0.3, 0.4) is 0 Å². The Labute approximate surface area is 69.5 Å². The lowest BCUT2D eigenvalue weighted by Crippen LogP contribution is -2.33. The maximum absolute atomic E-state index is 10.9. The van der Waals surface area contributed by atoms with E-state index in [4.69, 9.17) is 10.2 Å². The Kier molecular flexibility index (Phi) is 1.92. The van der Waals surface area contributed by atoms with Crippen LogP contribution in [-0.2, 0) is 9.59 Å². The van der Waals surface area contributed by atoms with E-state index in [2.05, 4.69) is 0 Å². The van der Waals surface area contributed by atoms with Gasteiger partial charge in [-0.25, -0.2) is 0 Å². The number of carbonyl (C=O) groups is 2. The van der Waals surface area contributed by atoms with Crippen LogP contribution in [0.1, 0.15) is 19.8 Å². The fourth-order valence-corrected chi connectivity index (χ4v) is 1.29. The molecule has 2 N–H and O–H groups in total. The maximum atomic E-state index is 10.9. The second kappa shape index (κ2) is 2.62. The first-order chi connectivity index (χ1) is 5.44. The molecule has 0 spiro atoms. The highest BCUT2D eigenvalue weighted by molar-refractivity contribution is 5.95. The van der Waals surface area contributed by atoms with E-state index in [-0.39, 0.29) is 24.4 Å². The molecule has 0 saturated carbocycles. The molecular weight excluding hydrogens is 160 g/mol. The zero-order valence-electron chi connectivity index (χ0n) is 6.70. The third-order valence-corrected chi connectivity index (χ3v) is 1.98. The summed E-state index contributed by atoms with van der Waals surface area (Å²) in [6.45, 7) is 1.45. The van der Waals surface area contributed by atoms with Crippen LogP contribution in [-0.4, -0.2) is 22.0 Å². The molecule has 0 heterocycles. The molecule has 12 heavy (non-hydrogen) atoms. The quantitative estimate of drug-likeness (QED) is 0.612. The molecule has 66 valence electrons. The van der Waals surface area contributed by atoms with Gasteiger partial charge in [0.25, 0.3) is 0 Å². The molecule has 1 rings (SSSR count). The van der Waals surface area contributed by atoms with E-state index in [1.807, 2.05) is 0 Å². The van der Waals surface area contributed by atoms with Crippen LogP contribution in [0.5, 0.6) is 0 Å². The van der Waals surface area contributed by atoms with E-state index in [0.717, 1.165) is 6.08 Å². The fraction of sp³-hybridized carbons (Fsp3) is 0.500. The normalized spacial score (nSPS) is 29.8. The van der Waals surface area contributed by atoms with Gasteiger partial charge in [0.2, 0.25) is 0 Å². The first kappa shape index (κ1) is 8.77. The summed E-state index contributed by atoms with van der Waals surface area (Å²) in [6.07, 6.45) is 1.09. The Hall–Kier alpha value is -1.32. The van der Waals surface area contributed by atoms with Gasteiger partial charge in [-0.1, -0.05) is 0 Å². The molecule has 0 saturated heterocycles. The van der Waals surface area contributed by atoms with Crippen molar-refractivity contribution in [1.29, 1.82) is 0 Å². The number of ketones is 1. The number of aliphatic carboxylic acids is 1. The average molecular weight is 170 g/mol. The van der Waals surface area contributed by atoms with Crippen molar-refractivity contribution in [3.63, 3.8) is 0 Å². The van der Waals surface area contributed by atoms with Crippen LogP contribution in [0.25, 0.3) is 0 Å². The van der Waals surface area contributed by atoms with Gasteiger partial charge in [-0.15, -0.1) is 0 Å². The van der Waals surface area contributed by atoms with E-state index in [1.165, 1.54) is 6.92 Å². The number of allylic oxidation sites excluding steroid dienone is 2. The molecule has 1 aliphatic carbocycles. The SMILES string of the molecule is CC1(C(=O)O)CC(=O)C=C(O)C1. The maximum Gasteiger partial charge on any atom is 0.310 e. The second-order valence-electron chi connectivity index (χ2n) is 3.32. The number of rotatable bonds is 1. The van der Waals surface area contributed by atoms with E-state index in [0.29, 0.717) is 0 Å². The number of aliphatic hydroxyl groups excluding tert-OH is 1. The van der Waals surface area contributed by atoms with Crippen molar-refractivity contribution in [2.75, 3.05) is 0 Å². The van der Waals surface area contributed by atoms with Gasteiger partial charge < -0.3 is 10.2 Å². The van der Waals surface area contributed by atoms with Crippen molar-refractivity contribution in [2.24, 2.45) is 5.41 Å². The van der Waals surface area contributed by atoms with Gasteiger partial charge in [0, 0.05) is 18.9 Å². The van der Waals surface area contributed by atoms with Crippen LogP contribution < -0.4 is 0 Å². The van der Waals surface area contributed by atoms with E-state index in [9.17, 15) is 9.59 Å². The molecule has 0 aliphatic heterocycles. The Morgan fingerprint density at radius 3 is 2.58 bits per heavy atom. The molecule has 0 radical (unpaired) electrons. The van der Waals surface area contributed by atoms with Gasteiger partial charge in [-0.3, -0.25) is 9.59 Å². The third-order valence-electron chi connectivity index (χ3n) is 1.98. The van der Waals surface area contributed by atoms with E-state index >= 15 is 0 Å². The first-order valence-corrected chi connectivity index (χ1v) is 3.60. The molecule has 0 aromatic carbocycles. The number of aliphatic hydroxyl groups is 1. The van der Waals surface area contributed by atoms with Crippen LogP contribution in [0, 0.1) is 5.41 Å². The smallest absolute Gasteiger partial charge is 0.310 e. The summed E-state index contributed by atoms with van der Waals surface area (Å²) >= 11 is 0. The fourth-order valence-electron chi connectivity index (χ4n) is 1.29. The largest absolute Gasteiger partial charge is 0.512 e. The second-order valence-corrected chi connectivity index (χ2v) is 3.32. The summed E-state index contributed by atoms with van der Waals surface area (Å²) in [5.41, 5.74) is -1.13. The van der Waals surface area contributed by atoms with Gasteiger partial charge in [-0.05, 0) is 6.92 Å². The van der Waals surface area contributed by atoms with Crippen molar-refractivity contribution in [3.8, 4) is 0 Å². The molecular formula is C8H10O4. The summed E-state index contributed by atoms with van der Waals surface area (Å²) in [4.78, 5) is 21.6. The Balaban J connectivity index is 2.93.